The van der Waals surface area contributed by atoms with Crippen LogP contribution < -0.4 is 0 Å². The number of halogens is 1. The summed E-state index contributed by atoms with van der Waals surface area (Å²) in [5, 5.41) is 10.0. The van der Waals surface area contributed by atoms with Crippen molar-refractivity contribution in [1.82, 2.24) is 0 Å². The number of aliphatic hydroxyl groups excluding tert-OH is 1. The third-order valence-corrected chi connectivity index (χ3v) is 4.37. The first-order valence-electron chi connectivity index (χ1n) is 4.58. The van der Waals surface area contributed by atoms with Crippen LogP contribution in [0.15, 0.2) is 26.4 Å². The smallest absolute Gasteiger partial charge is 0.146 e. The fourth-order valence-electron chi connectivity index (χ4n) is 1.36. The van der Waals surface area contributed by atoms with Gasteiger partial charge in [0.1, 0.15) is 17.6 Å². The third-order valence-electron chi connectivity index (χ3n) is 2.18. The molecule has 4 heteroatoms. The molecule has 2 rings (SSSR count). The van der Waals surface area contributed by atoms with Crippen LogP contribution in [0.3, 0.4) is 0 Å². The summed E-state index contributed by atoms with van der Waals surface area (Å²) in [7, 11) is 0. The van der Waals surface area contributed by atoms with Gasteiger partial charge >= 0.3 is 0 Å². The molecular formula is C11H11BrO2S. The largest absolute Gasteiger partial charge is 0.463 e. The second-order valence-corrected chi connectivity index (χ2v) is 5.86. The van der Waals surface area contributed by atoms with E-state index in [1.165, 1.54) is 11.3 Å². The molecule has 0 aliphatic heterocycles. The van der Waals surface area contributed by atoms with Gasteiger partial charge in [0.25, 0.3) is 0 Å². The lowest BCUT2D eigenvalue weighted by Gasteiger charge is -2.03. The summed E-state index contributed by atoms with van der Waals surface area (Å²) in [6.07, 6.45) is -0.659. The number of aliphatic hydroxyl groups is 1. The fourth-order valence-corrected chi connectivity index (χ4v) is 2.92. The Morgan fingerprint density at radius 2 is 2.13 bits per heavy atom. The first-order chi connectivity index (χ1) is 7.08. The topological polar surface area (TPSA) is 33.4 Å². The molecular weight excluding hydrogens is 276 g/mol. The molecule has 0 bridgehead atoms. The van der Waals surface area contributed by atoms with E-state index < -0.39 is 6.10 Å². The van der Waals surface area contributed by atoms with Crippen molar-refractivity contribution in [3.8, 4) is 0 Å². The fraction of sp³-hybridized carbons (Fsp3) is 0.273. The lowest BCUT2D eigenvalue weighted by atomic mass is 10.2. The van der Waals surface area contributed by atoms with Gasteiger partial charge in [-0.1, -0.05) is 0 Å². The second kappa shape index (κ2) is 4.12. The first kappa shape index (κ1) is 10.9. The van der Waals surface area contributed by atoms with Crippen molar-refractivity contribution in [3.05, 3.63) is 43.9 Å². The molecule has 2 aromatic rings. The number of aryl methyl sites for hydroxylation is 2. The van der Waals surface area contributed by atoms with Crippen LogP contribution in [-0.4, -0.2) is 5.11 Å². The minimum Gasteiger partial charge on any atom is -0.463 e. The molecule has 0 fully saturated rings. The standard InChI is InChI=1S/C11H11BrO2S/c1-6-5-9(15-11(6)12)10(13)8-4-3-7(2)14-8/h3-5,10,13H,1-2H3. The Morgan fingerprint density at radius 1 is 1.40 bits per heavy atom. The predicted octanol–water partition coefficient (Wildman–Crippen LogP) is 3.80. The number of rotatable bonds is 2. The summed E-state index contributed by atoms with van der Waals surface area (Å²) < 4.78 is 6.45. The highest BCUT2D eigenvalue weighted by atomic mass is 79.9. The maximum atomic E-state index is 10.0. The molecule has 0 aromatic carbocycles. The molecule has 80 valence electrons. The zero-order valence-corrected chi connectivity index (χ0v) is 10.9. The Hall–Kier alpha value is -0.580. The molecule has 2 aromatic heterocycles. The van der Waals surface area contributed by atoms with E-state index in [2.05, 4.69) is 15.9 Å². The van der Waals surface area contributed by atoms with E-state index in [1.54, 1.807) is 0 Å². The summed E-state index contributed by atoms with van der Waals surface area (Å²) in [5.41, 5.74) is 1.14. The van der Waals surface area contributed by atoms with Gasteiger partial charge in [-0.15, -0.1) is 11.3 Å². The van der Waals surface area contributed by atoms with Gasteiger partial charge in [0, 0.05) is 4.88 Å². The molecule has 0 amide bonds. The monoisotopic (exact) mass is 286 g/mol. The Bertz CT molecular complexity index is 453. The molecule has 1 atom stereocenters. The summed E-state index contributed by atoms with van der Waals surface area (Å²) in [5.74, 6) is 1.41. The number of hydrogen-bond donors (Lipinski definition) is 1. The molecule has 2 heterocycles. The summed E-state index contributed by atoms with van der Waals surface area (Å²) in [6.45, 7) is 3.87. The number of thiophene rings is 1. The van der Waals surface area contributed by atoms with Gasteiger partial charge in [-0.25, -0.2) is 0 Å². The summed E-state index contributed by atoms with van der Waals surface area (Å²) >= 11 is 4.97. The van der Waals surface area contributed by atoms with Crippen molar-refractivity contribution in [2.75, 3.05) is 0 Å². The predicted molar refractivity (Wildman–Crippen MR) is 64.3 cm³/mol. The Balaban J connectivity index is 2.31. The zero-order valence-electron chi connectivity index (χ0n) is 8.45. The van der Waals surface area contributed by atoms with E-state index in [-0.39, 0.29) is 0 Å². The van der Waals surface area contributed by atoms with E-state index in [4.69, 9.17) is 4.42 Å². The normalized spacial score (nSPS) is 13.1. The highest BCUT2D eigenvalue weighted by molar-refractivity contribution is 9.11. The van der Waals surface area contributed by atoms with Gasteiger partial charge in [-0.2, -0.15) is 0 Å². The highest BCUT2D eigenvalue weighted by Gasteiger charge is 2.17. The van der Waals surface area contributed by atoms with Crippen molar-refractivity contribution >= 4 is 27.3 Å². The molecule has 1 N–H and O–H groups in total. The van der Waals surface area contributed by atoms with Crippen molar-refractivity contribution in [3.63, 3.8) is 0 Å². The third kappa shape index (κ3) is 2.17. The molecule has 0 aliphatic rings. The van der Waals surface area contributed by atoms with Crippen LogP contribution in [0, 0.1) is 13.8 Å². The summed E-state index contributed by atoms with van der Waals surface area (Å²) in [6, 6.07) is 5.63. The lowest BCUT2D eigenvalue weighted by molar-refractivity contribution is 0.191. The average molecular weight is 287 g/mol. The highest BCUT2D eigenvalue weighted by Crippen LogP contribution is 2.34. The maximum absolute atomic E-state index is 10.0. The Kier molecular flexibility index (Phi) is 3.00. The summed E-state index contributed by atoms with van der Waals surface area (Å²) in [4.78, 5) is 0.897. The van der Waals surface area contributed by atoms with E-state index in [9.17, 15) is 5.11 Å². The second-order valence-electron chi connectivity index (χ2n) is 3.46. The van der Waals surface area contributed by atoms with Gasteiger partial charge in [0.2, 0.25) is 0 Å². The average Bonchev–Trinajstić information content (AvgIpc) is 2.74. The molecule has 0 spiro atoms. The SMILES string of the molecule is Cc1ccc(C(O)c2cc(C)c(Br)s2)o1. The van der Waals surface area contributed by atoms with Crippen LogP contribution in [0.5, 0.6) is 0 Å². The lowest BCUT2D eigenvalue weighted by Crippen LogP contribution is -1.94. The van der Waals surface area contributed by atoms with Gasteiger partial charge in [0.05, 0.1) is 3.79 Å². The van der Waals surface area contributed by atoms with Crippen LogP contribution in [0.2, 0.25) is 0 Å². The minimum absolute atomic E-state index is 0.598. The van der Waals surface area contributed by atoms with Crippen LogP contribution in [0.4, 0.5) is 0 Å². The van der Waals surface area contributed by atoms with E-state index >= 15 is 0 Å². The van der Waals surface area contributed by atoms with E-state index in [0.717, 1.165) is 20.0 Å². The van der Waals surface area contributed by atoms with Crippen LogP contribution in [0.1, 0.15) is 28.1 Å². The van der Waals surface area contributed by atoms with Crippen LogP contribution in [0.25, 0.3) is 0 Å². The molecule has 2 nitrogen and oxygen atoms in total. The van der Waals surface area contributed by atoms with Gasteiger partial charge in [-0.05, 0) is 53.5 Å². The van der Waals surface area contributed by atoms with Crippen molar-refractivity contribution in [1.29, 1.82) is 0 Å². The molecule has 0 saturated heterocycles. The maximum Gasteiger partial charge on any atom is 0.146 e. The molecule has 0 radical (unpaired) electrons. The zero-order chi connectivity index (χ0) is 11.0. The van der Waals surface area contributed by atoms with Crippen LogP contribution >= 0.6 is 27.3 Å². The van der Waals surface area contributed by atoms with Crippen molar-refractivity contribution in [2.24, 2.45) is 0 Å². The minimum atomic E-state index is -0.659. The van der Waals surface area contributed by atoms with Crippen molar-refractivity contribution < 1.29 is 9.52 Å². The first-order valence-corrected chi connectivity index (χ1v) is 6.19. The van der Waals surface area contributed by atoms with Crippen molar-refractivity contribution in [2.45, 2.75) is 20.0 Å². The Labute approximate surface area is 101 Å². The molecule has 15 heavy (non-hydrogen) atoms. The number of hydrogen-bond acceptors (Lipinski definition) is 3. The Morgan fingerprint density at radius 3 is 2.60 bits per heavy atom. The van der Waals surface area contributed by atoms with Gasteiger partial charge in [-0.3, -0.25) is 0 Å². The molecule has 0 aliphatic carbocycles. The van der Waals surface area contributed by atoms with E-state index in [1.807, 2.05) is 32.0 Å². The molecule has 0 saturated carbocycles. The molecule has 1 unspecified atom stereocenters. The number of furan rings is 1. The van der Waals surface area contributed by atoms with Crippen LogP contribution in [-0.2, 0) is 0 Å². The van der Waals surface area contributed by atoms with Gasteiger partial charge < -0.3 is 9.52 Å². The van der Waals surface area contributed by atoms with Gasteiger partial charge in [0.15, 0.2) is 0 Å². The van der Waals surface area contributed by atoms with E-state index in [0.29, 0.717) is 5.76 Å². The quantitative estimate of drug-likeness (QED) is 0.911.